The third kappa shape index (κ3) is 12.0. The fraction of sp³-hybridized carbons (Fsp3) is 0.650. The minimum absolute atomic E-state index is 0.329. The van der Waals surface area contributed by atoms with Crippen molar-refractivity contribution in [2.75, 3.05) is 0 Å². The third-order valence-electron chi connectivity index (χ3n) is 9.41. The maximum atomic E-state index is 2.43. The van der Waals surface area contributed by atoms with Gasteiger partial charge in [0.15, 0.2) is 0 Å². The molecule has 0 saturated carbocycles. The molecule has 2 aliphatic rings. The summed E-state index contributed by atoms with van der Waals surface area (Å²) in [6.45, 7) is 23.6. The summed E-state index contributed by atoms with van der Waals surface area (Å²) in [4.78, 5) is 0. The second kappa shape index (κ2) is 16.6. The van der Waals surface area contributed by atoms with E-state index in [1.54, 1.807) is 22.3 Å². The van der Waals surface area contributed by atoms with Crippen LogP contribution in [0.25, 0.3) is 0 Å². The molecule has 0 aromatic heterocycles. The predicted molar refractivity (Wildman–Crippen MR) is 181 cm³/mol. The number of allylic oxidation sites excluding steroid dienone is 14. The van der Waals surface area contributed by atoms with Gasteiger partial charge in [0.2, 0.25) is 0 Å². The van der Waals surface area contributed by atoms with Crippen molar-refractivity contribution in [1.29, 1.82) is 0 Å². The summed E-state index contributed by atoms with van der Waals surface area (Å²) in [5.74, 6) is 2.37. The van der Waals surface area contributed by atoms with Gasteiger partial charge in [0.05, 0.1) is 0 Å². The minimum atomic E-state index is 0.329. The van der Waals surface area contributed by atoms with Crippen LogP contribution in [0.1, 0.15) is 133 Å². The first-order valence-electron chi connectivity index (χ1n) is 16.6. The second-order valence-electron chi connectivity index (χ2n) is 14.8. The molecular weight excluding hydrogens is 480 g/mol. The quantitative estimate of drug-likeness (QED) is 0.191. The lowest BCUT2D eigenvalue weighted by Crippen LogP contribution is -2.19. The minimum Gasteiger partial charge on any atom is -0.0882 e. The lowest BCUT2D eigenvalue weighted by atomic mass is 9.72. The predicted octanol–water partition coefficient (Wildman–Crippen LogP) is 12.9. The van der Waals surface area contributed by atoms with Crippen molar-refractivity contribution < 1.29 is 0 Å². The Bertz CT molecular complexity index is 983. The fourth-order valence-corrected chi connectivity index (χ4v) is 6.54. The standard InChI is InChI=1S/C40H64/c1-31(19-13-21-33(3)25-27-37-35(5)23-15-29-39(37,7)8)17-11-12-18-32(2)20-14-22-34(4)26-28-38-36(6)24-16-30-40(38,9)10/h11-14,19,22,25-28,31-34H,15-18,20-21,23-24,29-30H2,1-10H3/b12-11+,19-13+,22-14+,27-25+,28-26+. The molecule has 0 bridgehead atoms. The van der Waals surface area contributed by atoms with Crippen molar-refractivity contribution >= 4 is 0 Å². The molecule has 0 fully saturated rings. The van der Waals surface area contributed by atoms with Crippen LogP contribution in [-0.2, 0) is 0 Å². The van der Waals surface area contributed by atoms with Crippen LogP contribution in [0.5, 0.6) is 0 Å². The molecule has 40 heavy (non-hydrogen) atoms. The first-order valence-corrected chi connectivity index (χ1v) is 16.6. The first kappa shape index (κ1) is 34.4. The molecule has 0 aliphatic heterocycles. The van der Waals surface area contributed by atoms with Gasteiger partial charge in [0.25, 0.3) is 0 Å². The Morgan fingerprint density at radius 1 is 0.575 bits per heavy atom. The van der Waals surface area contributed by atoms with Gasteiger partial charge in [0, 0.05) is 0 Å². The molecule has 0 aromatic carbocycles. The van der Waals surface area contributed by atoms with Crippen molar-refractivity contribution in [3.63, 3.8) is 0 Å². The van der Waals surface area contributed by atoms with E-state index >= 15 is 0 Å². The van der Waals surface area contributed by atoms with Gasteiger partial charge in [-0.15, -0.1) is 0 Å². The summed E-state index contributed by atoms with van der Waals surface area (Å²) in [5.41, 5.74) is 6.99. The highest BCUT2D eigenvalue weighted by Crippen LogP contribution is 2.41. The van der Waals surface area contributed by atoms with Gasteiger partial charge < -0.3 is 0 Å². The second-order valence-corrected chi connectivity index (χ2v) is 14.8. The molecule has 4 unspecified atom stereocenters. The zero-order valence-corrected chi connectivity index (χ0v) is 28.2. The van der Waals surface area contributed by atoms with Crippen LogP contribution in [0.15, 0.2) is 83.1 Å². The van der Waals surface area contributed by atoms with Gasteiger partial charge in [-0.2, -0.15) is 0 Å². The van der Waals surface area contributed by atoms with Gasteiger partial charge in [-0.25, -0.2) is 0 Å². The summed E-state index contributed by atoms with van der Waals surface area (Å²) >= 11 is 0. The van der Waals surface area contributed by atoms with E-state index in [4.69, 9.17) is 0 Å². The zero-order valence-electron chi connectivity index (χ0n) is 28.2. The van der Waals surface area contributed by atoms with E-state index in [1.165, 1.54) is 44.9 Å². The third-order valence-corrected chi connectivity index (χ3v) is 9.41. The lowest BCUT2D eigenvalue weighted by molar-refractivity contribution is 0.376. The molecule has 0 saturated heterocycles. The zero-order chi connectivity index (χ0) is 29.8. The van der Waals surface area contributed by atoms with Crippen LogP contribution >= 0.6 is 0 Å². The van der Waals surface area contributed by atoms with E-state index in [2.05, 4.69) is 130 Å². The lowest BCUT2D eigenvalue weighted by Gasteiger charge is -2.33. The molecule has 2 aliphatic carbocycles. The van der Waals surface area contributed by atoms with Gasteiger partial charge in [-0.1, -0.05) is 127 Å². The maximum absolute atomic E-state index is 2.43. The van der Waals surface area contributed by atoms with Gasteiger partial charge >= 0.3 is 0 Å². The van der Waals surface area contributed by atoms with Crippen molar-refractivity contribution in [3.8, 4) is 0 Å². The molecule has 0 spiro atoms. The summed E-state index contributed by atoms with van der Waals surface area (Å²) in [7, 11) is 0. The number of hydrogen-bond donors (Lipinski definition) is 0. The van der Waals surface area contributed by atoms with E-state index in [9.17, 15) is 0 Å². The Kier molecular flexibility index (Phi) is 14.3. The molecule has 4 atom stereocenters. The van der Waals surface area contributed by atoms with Gasteiger partial charge in [0.1, 0.15) is 0 Å². The highest BCUT2D eigenvalue weighted by molar-refractivity contribution is 5.34. The Hall–Kier alpha value is -1.82. The van der Waals surface area contributed by atoms with Gasteiger partial charge in [-0.05, 0) is 124 Å². The molecule has 0 heterocycles. The Morgan fingerprint density at radius 3 is 1.60 bits per heavy atom. The normalized spacial score (nSPS) is 23.4. The molecule has 0 heteroatoms. The molecule has 0 aromatic rings. The first-order chi connectivity index (χ1) is 18.8. The van der Waals surface area contributed by atoms with E-state index < -0.39 is 0 Å². The highest BCUT2D eigenvalue weighted by atomic mass is 14.3. The monoisotopic (exact) mass is 545 g/mol. The van der Waals surface area contributed by atoms with E-state index in [0.717, 1.165) is 19.3 Å². The average molecular weight is 545 g/mol. The highest BCUT2D eigenvalue weighted by Gasteiger charge is 2.27. The van der Waals surface area contributed by atoms with Gasteiger partial charge in [-0.3, -0.25) is 0 Å². The maximum Gasteiger partial charge on any atom is -0.00787 e. The molecule has 0 N–H and O–H groups in total. The summed E-state index contributed by atoms with van der Waals surface area (Å²) in [5, 5.41) is 0. The Labute approximate surface area is 250 Å². The van der Waals surface area contributed by atoms with Crippen LogP contribution in [0.4, 0.5) is 0 Å². The molecule has 224 valence electrons. The SMILES string of the molecule is CC1=C(/C=C/C(C)/C=C/CC(C)C/C=C/CC(C)/C=C/CC(C)/C=C/C2=C(C)CCCC2(C)C)C(C)(C)CCC1. The van der Waals surface area contributed by atoms with Crippen molar-refractivity contribution in [3.05, 3.63) is 83.1 Å². The van der Waals surface area contributed by atoms with Crippen molar-refractivity contribution in [1.82, 2.24) is 0 Å². The largest absolute Gasteiger partial charge is 0.0882 e. The molecular formula is C40H64. The van der Waals surface area contributed by atoms with Crippen LogP contribution in [0.2, 0.25) is 0 Å². The van der Waals surface area contributed by atoms with Crippen molar-refractivity contribution in [2.45, 2.75) is 133 Å². The summed E-state index contributed by atoms with van der Waals surface area (Å²) < 4.78 is 0. The molecule has 0 radical (unpaired) electrons. The number of hydrogen-bond acceptors (Lipinski definition) is 0. The van der Waals surface area contributed by atoms with Crippen LogP contribution in [0, 0.1) is 34.5 Å². The molecule has 0 amide bonds. The van der Waals surface area contributed by atoms with Crippen molar-refractivity contribution in [2.24, 2.45) is 34.5 Å². The van der Waals surface area contributed by atoms with E-state index in [-0.39, 0.29) is 0 Å². The van der Waals surface area contributed by atoms with E-state index in [1.807, 2.05) is 0 Å². The van der Waals surface area contributed by atoms with Crippen LogP contribution < -0.4 is 0 Å². The van der Waals surface area contributed by atoms with Crippen LogP contribution in [0.3, 0.4) is 0 Å². The molecule has 2 rings (SSSR count). The summed E-state index contributed by atoms with van der Waals surface area (Å²) in [6.07, 6.45) is 36.5. The summed E-state index contributed by atoms with van der Waals surface area (Å²) in [6, 6.07) is 0. The topological polar surface area (TPSA) is 0 Å². The Morgan fingerprint density at radius 2 is 1.02 bits per heavy atom. The van der Waals surface area contributed by atoms with Crippen LogP contribution in [-0.4, -0.2) is 0 Å². The Balaban J connectivity index is 1.67. The fourth-order valence-electron chi connectivity index (χ4n) is 6.54. The average Bonchev–Trinajstić information content (AvgIpc) is 2.85. The van der Waals surface area contributed by atoms with E-state index in [0.29, 0.717) is 34.5 Å². The number of rotatable bonds is 14. The molecule has 0 nitrogen and oxygen atoms in total. The smallest absolute Gasteiger partial charge is 0.00787 e.